The Labute approximate surface area is 110 Å². The summed E-state index contributed by atoms with van der Waals surface area (Å²) in [6.45, 7) is 1.76. The molecule has 2 unspecified atom stereocenters. The Kier molecular flexibility index (Phi) is 4.03. The van der Waals surface area contributed by atoms with Crippen LogP contribution < -0.4 is 11.1 Å². The number of fused-ring (bicyclic) bond motifs is 1. The molecule has 6 heteroatoms. The first-order valence-electron chi connectivity index (χ1n) is 6.01. The van der Waals surface area contributed by atoms with E-state index >= 15 is 0 Å². The molecule has 0 spiro atoms. The average molecular weight is 260 g/mol. The molecule has 6 nitrogen and oxygen atoms in total. The third-order valence-corrected chi connectivity index (χ3v) is 2.80. The molecule has 0 aliphatic heterocycles. The van der Waals surface area contributed by atoms with E-state index in [1.807, 2.05) is 18.2 Å². The van der Waals surface area contributed by atoms with E-state index in [1.165, 1.54) is 6.20 Å². The summed E-state index contributed by atoms with van der Waals surface area (Å²) in [5, 5.41) is 11.9. The summed E-state index contributed by atoms with van der Waals surface area (Å²) in [4.78, 5) is 20.2. The van der Waals surface area contributed by atoms with Crippen molar-refractivity contribution in [3.8, 4) is 0 Å². The second-order valence-corrected chi connectivity index (χ2v) is 4.36. The van der Waals surface area contributed by atoms with Crippen LogP contribution in [0.5, 0.6) is 0 Å². The minimum Gasteiger partial charge on any atom is -0.392 e. The predicted octanol–water partition coefficient (Wildman–Crippen LogP) is 0.0677. The molecule has 1 amide bonds. The molecule has 0 bridgehead atoms. The molecule has 0 saturated carbocycles. The predicted molar refractivity (Wildman–Crippen MR) is 71.5 cm³/mol. The second kappa shape index (κ2) is 5.73. The maximum Gasteiger partial charge on any atom is 0.271 e. The molecule has 0 saturated heterocycles. The van der Waals surface area contributed by atoms with Crippen molar-refractivity contribution < 1.29 is 9.90 Å². The number of benzene rings is 1. The first kappa shape index (κ1) is 13.4. The van der Waals surface area contributed by atoms with E-state index in [9.17, 15) is 9.90 Å². The van der Waals surface area contributed by atoms with Crippen molar-refractivity contribution >= 4 is 16.9 Å². The van der Waals surface area contributed by atoms with Gasteiger partial charge >= 0.3 is 0 Å². The zero-order valence-electron chi connectivity index (χ0n) is 10.6. The van der Waals surface area contributed by atoms with Crippen molar-refractivity contribution in [2.45, 2.75) is 19.1 Å². The SMILES string of the molecule is CC(O)C(N)CNC(=O)c1cnc2ccccc2n1. The van der Waals surface area contributed by atoms with Gasteiger partial charge in [-0.15, -0.1) is 0 Å². The van der Waals surface area contributed by atoms with E-state index in [1.54, 1.807) is 13.0 Å². The van der Waals surface area contributed by atoms with Crippen molar-refractivity contribution in [3.05, 3.63) is 36.2 Å². The van der Waals surface area contributed by atoms with Gasteiger partial charge in [-0.05, 0) is 19.1 Å². The van der Waals surface area contributed by atoms with E-state index in [-0.39, 0.29) is 18.1 Å². The lowest BCUT2D eigenvalue weighted by Gasteiger charge is -2.14. The van der Waals surface area contributed by atoms with E-state index < -0.39 is 12.1 Å². The maximum absolute atomic E-state index is 11.9. The topological polar surface area (TPSA) is 101 Å². The van der Waals surface area contributed by atoms with Gasteiger partial charge in [-0.2, -0.15) is 0 Å². The van der Waals surface area contributed by atoms with Crippen LogP contribution in [0.15, 0.2) is 30.5 Å². The van der Waals surface area contributed by atoms with Crippen LogP contribution in [0.3, 0.4) is 0 Å². The highest BCUT2D eigenvalue weighted by molar-refractivity contribution is 5.93. The zero-order valence-corrected chi connectivity index (χ0v) is 10.6. The highest BCUT2D eigenvalue weighted by Crippen LogP contribution is 2.08. The smallest absolute Gasteiger partial charge is 0.271 e. The van der Waals surface area contributed by atoms with Crippen LogP contribution in [0.4, 0.5) is 0 Å². The fraction of sp³-hybridized carbons (Fsp3) is 0.308. The Bertz CT molecular complexity index is 586. The number of hydrogen-bond donors (Lipinski definition) is 3. The number of aliphatic hydroxyl groups excluding tert-OH is 1. The Hall–Kier alpha value is -2.05. The molecule has 1 aromatic heterocycles. The fourth-order valence-electron chi connectivity index (χ4n) is 1.54. The molecule has 100 valence electrons. The van der Waals surface area contributed by atoms with Gasteiger partial charge in [-0.25, -0.2) is 4.98 Å². The van der Waals surface area contributed by atoms with E-state index in [0.717, 1.165) is 5.52 Å². The number of nitrogens with one attached hydrogen (secondary N) is 1. The van der Waals surface area contributed by atoms with Gasteiger partial charge in [0.25, 0.3) is 5.91 Å². The number of amides is 1. The Morgan fingerprint density at radius 1 is 1.42 bits per heavy atom. The number of aromatic nitrogens is 2. The number of carbonyl (C=O) groups is 1. The van der Waals surface area contributed by atoms with Crippen molar-refractivity contribution in [2.24, 2.45) is 5.73 Å². The first-order chi connectivity index (χ1) is 9.08. The molecule has 0 radical (unpaired) electrons. The number of nitrogens with two attached hydrogens (primary N) is 1. The molecule has 0 fully saturated rings. The fourth-order valence-corrected chi connectivity index (χ4v) is 1.54. The number of nitrogens with zero attached hydrogens (tertiary/aromatic N) is 2. The highest BCUT2D eigenvalue weighted by Gasteiger charge is 2.13. The summed E-state index contributed by atoms with van der Waals surface area (Å²) in [7, 11) is 0. The maximum atomic E-state index is 11.9. The summed E-state index contributed by atoms with van der Waals surface area (Å²) < 4.78 is 0. The highest BCUT2D eigenvalue weighted by atomic mass is 16.3. The third kappa shape index (κ3) is 3.24. The standard InChI is InChI=1S/C13H16N4O2/c1-8(18)9(14)6-16-13(19)12-7-15-10-4-2-3-5-11(10)17-12/h2-5,7-9,18H,6,14H2,1H3,(H,16,19). The zero-order chi connectivity index (χ0) is 13.8. The van der Waals surface area contributed by atoms with E-state index in [0.29, 0.717) is 5.52 Å². The van der Waals surface area contributed by atoms with Crippen LogP contribution in [-0.2, 0) is 0 Å². The summed E-state index contributed by atoms with van der Waals surface area (Å²) in [6.07, 6.45) is 0.744. The molecule has 0 aliphatic rings. The largest absolute Gasteiger partial charge is 0.392 e. The molecule has 2 aromatic rings. The minimum atomic E-state index is -0.678. The third-order valence-electron chi connectivity index (χ3n) is 2.80. The van der Waals surface area contributed by atoms with E-state index in [4.69, 9.17) is 5.73 Å². The van der Waals surface area contributed by atoms with Crippen LogP contribution in [0.25, 0.3) is 11.0 Å². The van der Waals surface area contributed by atoms with E-state index in [2.05, 4.69) is 15.3 Å². The molecular weight excluding hydrogens is 244 g/mol. The Morgan fingerprint density at radius 2 is 2.11 bits per heavy atom. The van der Waals surface area contributed by atoms with Crippen molar-refractivity contribution in [3.63, 3.8) is 0 Å². The van der Waals surface area contributed by atoms with Crippen LogP contribution >= 0.6 is 0 Å². The van der Waals surface area contributed by atoms with Crippen LogP contribution in [0.1, 0.15) is 17.4 Å². The molecule has 2 atom stereocenters. The van der Waals surface area contributed by atoms with Gasteiger partial charge in [0.15, 0.2) is 0 Å². The average Bonchev–Trinajstić information content (AvgIpc) is 2.43. The van der Waals surface area contributed by atoms with Crippen molar-refractivity contribution in [2.75, 3.05) is 6.54 Å². The molecule has 2 rings (SSSR count). The van der Waals surface area contributed by atoms with Crippen molar-refractivity contribution in [1.82, 2.24) is 15.3 Å². The van der Waals surface area contributed by atoms with Crippen LogP contribution in [-0.4, -0.2) is 39.7 Å². The Balaban J connectivity index is 2.09. The van der Waals surface area contributed by atoms with Gasteiger partial charge in [0.05, 0.1) is 23.3 Å². The molecule has 1 heterocycles. The molecule has 4 N–H and O–H groups in total. The van der Waals surface area contributed by atoms with Crippen molar-refractivity contribution in [1.29, 1.82) is 0 Å². The molecular formula is C13H16N4O2. The summed E-state index contributed by atoms with van der Waals surface area (Å²) in [5.41, 5.74) is 7.26. The summed E-state index contributed by atoms with van der Waals surface area (Å²) >= 11 is 0. The lowest BCUT2D eigenvalue weighted by atomic mass is 10.2. The normalized spacial score (nSPS) is 14.1. The molecule has 19 heavy (non-hydrogen) atoms. The molecule has 1 aromatic carbocycles. The van der Waals surface area contributed by atoms with Gasteiger partial charge < -0.3 is 16.2 Å². The van der Waals surface area contributed by atoms with Gasteiger partial charge in [0.1, 0.15) is 5.69 Å². The molecule has 0 aliphatic carbocycles. The Morgan fingerprint density at radius 3 is 2.79 bits per heavy atom. The number of hydrogen-bond acceptors (Lipinski definition) is 5. The van der Waals surface area contributed by atoms with Gasteiger partial charge in [-0.3, -0.25) is 9.78 Å². The quantitative estimate of drug-likeness (QED) is 0.722. The van der Waals surface area contributed by atoms with Gasteiger partial charge in [-0.1, -0.05) is 12.1 Å². The summed E-state index contributed by atoms with van der Waals surface area (Å²) in [6, 6.07) is 6.81. The van der Waals surface area contributed by atoms with Crippen LogP contribution in [0.2, 0.25) is 0 Å². The van der Waals surface area contributed by atoms with Gasteiger partial charge in [0, 0.05) is 12.6 Å². The van der Waals surface area contributed by atoms with Crippen LogP contribution in [0, 0.1) is 0 Å². The lowest BCUT2D eigenvalue weighted by molar-refractivity contribution is 0.0932. The van der Waals surface area contributed by atoms with Gasteiger partial charge in [0.2, 0.25) is 0 Å². The second-order valence-electron chi connectivity index (χ2n) is 4.36. The first-order valence-corrected chi connectivity index (χ1v) is 6.01. The monoisotopic (exact) mass is 260 g/mol. The number of carbonyl (C=O) groups excluding carboxylic acids is 1. The lowest BCUT2D eigenvalue weighted by Crippen LogP contribution is -2.43. The summed E-state index contributed by atoms with van der Waals surface area (Å²) in [5.74, 6) is -0.352. The number of aliphatic hydroxyl groups is 1. The number of rotatable bonds is 4. The number of para-hydroxylation sites is 2. The minimum absolute atomic E-state index is 0.186.